The number of carbonyl (C=O) groups excluding carboxylic acids is 1. The van der Waals surface area contributed by atoms with Gasteiger partial charge in [0.2, 0.25) is 5.91 Å². The second kappa shape index (κ2) is 5.72. The molecule has 0 spiro atoms. The van der Waals surface area contributed by atoms with E-state index in [1.54, 1.807) is 0 Å². The molecular weight excluding hydrogens is 238 g/mol. The van der Waals surface area contributed by atoms with Crippen LogP contribution in [0, 0.1) is 0 Å². The first kappa shape index (κ1) is 14.0. The molecule has 0 aromatic heterocycles. The van der Waals surface area contributed by atoms with Crippen molar-refractivity contribution >= 4 is 11.6 Å². The summed E-state index contributed by atoms with van der Waals surface area (Å²) < 4.78 is 0. The van der Waals surface area contributed by atoms with Gasteiger partial charge in [-0.15, -0.1) is 0 Å². The van der Waals surface area contributed by atoms with Crippen LogP contribution < -0.4 is 16.4 Å². The Bertz CT molecular complexity index is 468. The third-order valence-corrected chi connectivity index (χ3v) is 3.61. The third-order valence-electron chi connectivity index (χ3n) is 3.61. The SMILES string of the molecule is CC(C)(CCN)NCc1ccc2c(c1)CCC(=O)N2. The summed E-state index contributed by atoms with van der Waals surface area (Å²) in [6, 6.07) is 6.25. The summed E-state index contributed by atoms with van der Waals surface area (Å²) in [6.07, 6.45) is 2.37. The summed E-state index contributed by atoms with van der Waals surface area (Å²) in [4.78, 5) is 11.3. The number of anilines is 1. The zero-order chi connectivity index (χ0) is 13.9. The van der Waals surface area contributed by atoms with Crippen LogP contribution in [0.1, 0.15) is 37.8 Å². The molecule has 0 radical (unpaired) electrons. The number of carbonyl (C=O) groups is 1. The quantitative estimate of drug-likeness (QED) is 0.757. The van der Waals surface area contributed by atoms with Crippen molar-refractivity contribution in [2.24, 2.45) is 5.73 Å². The predicted octanol–water partition coefficient (Wildman–Crippen LogP) is 1.79. The van der Waals surface area contributed by atoms with Crippen molar-refractivity contribution in [1.29, 1.82) is 0 Å². The second-order valence-corrected chi connectivity index (χ2v) is 5.82. The van der Waals surface area contributed by atoms with Gasteiger partial charge in [-0.1, -0.05) is 12.1 Å². The van der Waals surface area contributed by atoms with Crippen molar-refractivity contribution in [3.05, 3.63) is 29.3 Å². The van der Waals surface area contributed by atoms with Crippen LogP contribution in [0.15, 0.2) is 18.2 Å². The summed E-state index contributed by atoms with van der Waals surface area (Å²) in [7, 11) is 0. The van der Waals surface area contributed by atoms with Crippen molar-refractivity contribution in [3.8, 4) is 0 Å². The van der Waals surface area contributed by atoms with Gasteiger partial charge < -0.3 is 16.4 Å². The lowest BCUT2D eigenvalue weighted by Gasteiger charge is -2.26. The Balaban J connectivity index is 2.01. The number of nitrogens with two attached hydrogens (primary N) is 1. The van der Waals surface area contributed by atoms with E-state index in [1.165, 1.54) is 11.1 Å². The fourth-order valence-corrected chi connectivity index (χ4v) is 2.34. The highest BCUT2D eigenvalue weighted by Crippen LogP contribution is 2.23. The predicted molar refractivity (Wildman–Crippen MR) is 78.0 cm³/mol. The number of rotatable bonds is 5. The smallest absolute Gasteiger partial charge is 0.224 e. The molecule has 4 heteroatoms. The number of hydrogen-bond acceptors (Lipinski definition) is 3. The van der Waals surface area contributed by atoms with Gasteiger partial charge in [0.25, 0.3) is 0 Å². The van der Waals surface area contributed by atoms with Crippen LogP contribution in [-0.2, 0) is 17.8 Å². The summed E-state index contributed by atoms with van der Waals surface area (Å²) >= 11 is 0. The first-order valence-corrected chi connectivity index (χ1v) is 6.87. The Morgan fingerprint density at radius 3 is 2.89 bits per heavy atom. The van der Waals surface area contributed by atoms with E-state index in [0.717, 1.165) is 25.1 Å². The van der Waals surface area contributed by atoms with Crippen LogP contribution in [0.3, 0.4) is 0 Å². The molecule has 4 nitrogen and oxygen atoms in total. The van der Waals surface area contributed by atoms with Crippen molar-refractivity contribution in [2.45, 2.75) is 45.2 Å². The molecule has 0 bridgehead atoms. The van der Waals surface area contributed by atoms with Gasteiger partial charge in [0.05, 0.1) is 0 Å². The first-order chi connectivity index (χ1) is 9.00. The van der Waals surface area contributed by atoms with Gasteiger partial charge in [0.1, 0.15) is 0 Å². The van der Waals surface area contributed by atoms with Crippen LogP contribution in [-0.4, -0.2) is 18.0 Å². The van der Waals surface area contributed by atoms with Gasteiger partial charge in [-0.05, 0) is 50.4 Å². The van der Waals surface area contributed by atoms with E-state index in [2.05, 4.69) is 36.6 Å². The number of benzene rings is 1. The molecule has 1 amide bonds. The maximum absolute atomic E-state index is 11.3. The van der Waals surface area contributed by atoms with E-state index in [-0.39, 0.29) is 11.4 Å². The van der Waals surface area contributed by atoms with Crippen LogP contribution in [0.4, 0.5) is 5.69 Å². The molecule has 1 aromatic rings. The number of fused-ring (bicyclic) bond motifs is 1. The highest BCUT2D eigenvalue weighted by atomic mass is 16.1. The molecule has 1 aromatic carbocycles. The molecule has 0 saturated carbocycles. The minimum Gasteiger partial charge on any atom is -0.330 e. The molecule has 2 rings (SSSR count). The molecule has 104 valence electrons. The molecule has 0 unspecified atom stereocenters. The molecule has 0 fully saturated rings. The topological polar surface area (TPSA) is 67.1 Å². The average molecular weight is 261 g/mol. The number of amides is 1. The van der Waals surface area contributed by atoms with Crippen molar-refractivity contribution in [2.75, 3.05) is 11.9 Å². The van der Waals surface area contributed by atoms with Gasteiger partial charge in [-0.2, -0.15) is 0 Å². The second-order valence-electron chi connectivity index (χ2n) is 5.82. The van der Waals surface area contributed by atoms with E-state index in [1.807, 2.05) is 6.07 Å². The van der Waals surface area contributed by atoms with E-state index in [4.69, 9.17) is 5.73 Å². The molecule has 1 aliphatic rings. The maximum atomic E-state index is 11.3. The van der Waals surface area contributed by atoms with Gasteiger partial charge in [0.15, 0.2) is 0 Å². The molecule has 0 saturated heterocycles. The lowest BCUT2D eigenvalue weighted by Crippen LogP contribution is -2.40. The summed E-state index contributed by atoms with van der Waals surface area (Å²) in [5.74, 6) is 0.113. The average Bonchev–Trinajstić information content (AvgIpc) is 2.36. The number of nitrogens with one attached hydrogen (secondary N) is 2. The lowest BCUT2D eigenvalue weighted by molar-refractivity contribution is -0.116. The minimum atomic E-state index is 0.0544. The maximum Gasteiger partial charge on any atom is 0.224 e. The van der Waals surface area contributed by atoms with Crippen LogP contribution in [0.5, 0.6) is 0 Å². The van der Waals surface area contributed by atoms with Crippen molar-refractivity contribution in [3.63, 3.8) is 0 Å². The fraction of sp³-hybridized carbons (Fsp3) is 0.533. The van der Waals surface area contributed by atoms with Gasteiger partial charge in [-0.3, -0.25) is 4.79 Å². The number of aryl methyl sites for hydroxylation is 1. The summed E-state index contributed by atoms with van der Waals surface area (Å²) in [6.45, 7) is 5.85. The minimum absolute atomic E-state index is 0.0544. The third kappa shape index (κ3) is 3.78. The molecule has 1 heterocycles. The molecule has 0 aliphatic carbocycles. The Morgan fingerprint density at radius 1 is 1.37 bits per heavy atom. The summed E-state index contributed by atoms with van der Waals surface area (Å²) in [5.41, 5.74) is 9.10. The monoisotopic (exact) mass is 261 g/mol. The number of hydrogen-bond donors (Lipinski definition) is 3. The fourth-order valence-electron chi connectivity index (χ4n) is 2.34. The molecule has 19 heavy (non-hydrogen) atoms. The van der Waals surface area contributed by atoms with E-state index < -0.39 is 0 Å². The Hall–Kier alpha value is -1.39. The van der Waals surface area contributed by atoms with Gasteiger partial charge in [-0.25, -0.2) is 0 Å². The highest BCUT2D eigenvalue weighted by molar-refractivity contribution is 5.93. The van der Waals surface area contributed by atoms with E-state index in [9.17, 15) is 4.79 Å². The van der Waals surface area contributed by atoms with Crippen LogP contribution in [0.2, 0.25) is 0 Å². The van der Waals surface area contributed by atoms with Crippen molar-refractivity contribution in [1.82, 2.24) is 5.32 Å². The molecular formula is C15H23N3O. The highest BCUT2D eigenvalue weighted by Gasteiger charge is 2.17. The zero-order valence-corrected chi connectivity index (χ0v) is 11.8. The molecule has 1 aliphatic heterocycles. The van der Waals surface area contributed by atoms with Crippen LogP contribution in [0.25, 0.3) is 0 Å². The van der Waals surface area contributed by atoms with E-state index in [0.29, 0.717) is 13.0 Å². The standard InChI is InChI=1S/C15H23N3O/c1-15(2,7-8-16)17-10-11-3-5-13-12(9-11)4-6-14(19)18-13/h3,5,9,17H,4,6-8,10,16H2,1-2H3,(H,18,19). The van der Waals surface area contributed by atoms with Crippen LogP contribution >= 0.6 is 0 Å². The Morgan fingerprint density at radius 2 is 2.16 bits per heavy atom. The van der Waals surface area contributed by atoms with Gasteiger partial charge >= 0.3 is 0 Å². The summed E-state index contributed by atoms with van der Waals surface area (Å²) in [5, 5.41) is 6.43. The van der Waals surface area contributed by atoms with Gasteiger partial charge in [0, 0.05) is 24.2 Å². The zero-order valence-electron chi connectivity index (χ0n) is 11.8. The van der Waals surface area contributed by atoms with Crippen molar-refractivity contribution < 1.29 is 4.79 Å². The lowest BCUT2D eigenvalue weighted by atomic mass is 9.98. The normalized spacial score (nSPS) is 15.0. The Labute approximate surface area is 114 Å². The van der Waals surface area contributed by atoms with E-state index >= 15 is 0 Å². The first-order valence-electron chi connectivity index (χ1n) is 6.87. The largest absolute Gasteiger partial charge is 0.330 e. The Kier molecular flexibility index (Phi) is 4.22. The molecule has 0 atom stereocenters. The molecule has 4 N–H and O–H groups in total.